The molecule has 0 amide bonds. The van der Waals surface area contributed by atoms with Gasteiger partial charge < -0.3 is 14.2 Å². The van der Waals surface area contributed by atoms with Crippen LogP contribution in [-0.2, 0) is 0 Å². The largest absolute Gasteiger partial charge is 0.497 e. The normalized spacial score (nSPS) is 9.95. The number of carbonyl (C=O) groups excluding carboxylic acids is 1. The Kier molecular flexibility index (Phi) is 4.25. The van der Waals surface area contributed by atoms with Crippen molar-refractivity contribution >= 4 is 6.29 Å². The Hall–Kier alpha value is -2.49. The highest BCUT2D eigenvalue weighted by molar-refractivity contribution is 5.90. The predicted molar refractivity (Wildman–Crippen MR) is 76.9 cm³/mol. The maximum Gasteiger partial charge on any atom is 0.168 e. The molecule has 0 heterocycles. The smallest absolute Gasteiger partial charge is 0.168 e. The molecular formula is C16H16O4. The maximum atomic E-state index is 11.3. The minimum absolute atomic E-state index is 0.538. The lowest BCUT2D eigenvalue weighted by molar-refractivity contribution is 0.112. The highest BCUT2D eigenvalue weighted by atomic mass is 16.5. The van der Waals surface area contributed by atoms with Gasteiger partial charge in [-0.05, 0) is 29.8 Å². The molecule has 4 heteroatoms. The lowest BCUT2D eigenvalue weighted by atomic mass is 9.99. The summed E-state index contributed by atoms with van der Waals surface area (Å²) >= 11 is 0. The predicted octanol–water partition coefficient (Wildman–Crippen LogP) is 3.19. The molecule has 4 nitrogen and oxygen atoms in total. The number of benzene rings is 2. The molecule has 0 aromatic heterocycles. The van der Waals surface area contributed by atoms with E-state index in [4.69, 9.17) is 14.2 Å². The van der Waals surface area contributed by atoms with Crippen molar-refractivity contribution in [2.75, 3.05) is 21.3 Å². The summed E-state index contributed by atoms with van der Waals surface area (Å²) in [6.07, 6.45) is 0.802. The number of carbonyl (C=O) groups is 1. The molecule has 2 aromatic rings. The van der Waals surface area contributed by atoms with E-state index in [1.165, 1.54) is 0 Å². The van der Waals surface area contributed by atoms with Crippen molar-refractivity contribution < 1.29 is 19.0 Å². The van der Waals surface area contributed by atoms with Gasteiger partial charge in [0, 0.05) is 11.1 Å². The Morgan fingerprint density at radius 2 is 1.70 bits per heavy atom. The molecule has 0 radical (unpaired) electrons. The summed E-state index contributed by atoms with van der Waals surface area (Å²) < 4.78 is 15.8. The van der Waals surface area contributed by atoms with E-state index in [-0.39, 0.29) is 0 Å². The van der Waals surface area contributed by atoms with Gasteiger partial charge in [0.2, 0.25) is 0 Å². The van der Waals surface area contributed by atoms with Crippen LogP contribution in [0.25, 0.3) is 11.1 Å². The van der Waals surface area contributed by atoms with Gasteiger partial charge in [0.15, 0.2) is 17.8 Å². The van der Waals surface area contributed by atoms with Crippen molar-refractivity contribution in [2.45, 2.75) is 0 Å². The van der Waals surface area contributed by atoms with Gasteiger partial charge in [-0.25, -0.2) is 0 Å². The molecule has 0 unspecified atom stereocenters. The van der Waals surface area contributed by atoms with Gasteiger partial charge in [-0.1, -0.05) is 12.1 Å². The van der Waals surface area contributed by atoms with Crippen LogP contribution in [0.2, 0.25) is 0 Å². The fraction of sp³-hybridized carbons (Fsp3) is 0.188. The van der Waals surface area contributed by atoms with Crippen LogP contribution in [0.5, 0.6) is 17.2 Å². The first-order chi connectivity index (χ1) is 9.74. The number of methoxy groups -OCH3 is 3. The van der Waals surface area contributed by atoms with E-state index in [2.05, 4.69) is 0 Å². The minimum atomic E-state index is 0.538. The third kappa shape index (κ3) is 2.45. The van der Waals surface area contributed by atoms with Crippen LogP contribution >= 0.6 is 0 Å². The van der Waals surface area contributed by atoms with E-state index in [1.807, 2.05) is 24.3 Å². The Balaban J connectivity index is 2.65. The highest BCUT2D eigenvalue weighted by Crippen LogP contribution is 2.39. The number of aldehydes is 1. The summed E-state index contributed by atoms with van der Waals surface area (Å²) in [5, 5.41) is 0. The lowest BCUT2D eigenvalue weighted by Gasteiger charge is -2.14. The number of hydrogen-bond acceptors (Lipinski definition) is 4. The first kappa shape index (κ1) is 13.9. The van der Waals surface area contributed by atoms with E-state index in [9.17, 15) is 4.79 Å². The average molecular weight is 272 g/mol. The van der Waals surface area contributed by atoms with Crippen LogP contribution in [0.15, 0.2) is 36.4 Å². The quantitative estimate of drug-likeness (QED) is 0.784. The van der Waals surface area contributed by atoms with Crippen LogP contribution < -0.4 is 14.2 Å². The fourth-order valence-electron chi connectivity index (χ4n) is 2.11. The minimum Gasteiger partial charge on any atom is -0.497 e. The van der Waals surface area contributed by atoms with Gasteiger partial charge in [-0.15, -0.1) is 0 Å². The van der Waals surface area contributed by atoms with Gasteiger partial charge in [-0.2, -0.15) is 0 Å². The highest BCUT2D eigenvalue weighted by Gasteiger charge is 2.14. The molecule has 0 spiro atoms. The molecule has 0 aliphatic rings. The lowest BCUT2D eigenvalue weighted by Crippen LogP contribution is -1.96. The number of para-hydroxylation sites is 1. The Morgan fingerprint density at radius 1 is 0.900 bits per heavy atom. The van der Waals surface area contributed by atoms with E-state index in [0.29, 0.717) is 22.8 Å². The Bertz CT molecular complexity index is 620. The van der Waals surface area contributed by atoms with E-state index < -0.39 is 0 Å². The summed E-state index contributed by atoms with van der Waals surface area (Å²) in [7, 11) is 4.72. The van der Waals surface area contributed by atoms with Gasteiger partial charge in [0.25, 0.3) is 0 Å². The molecule has 0 bridgehead atoms. The molecule has 0 N–H and O–H groups in total. The average Bonchev–Trinajstić information content (AvgIpc) is 2.53. The second-order valence-electron chi connectivity index (χ2n) is 4.11. The first-order valence-electron chi connectivity index (χ1n) is 6.09. The SMILES string of the molecule is COc1ccc(-c2cccc(OC)c2OC)c(C=O)c1. The van der Waals surface area contributed by atoms with Crippen molar-refractivity contribution in [3.05, 3.63) is 42.0 Å². The second-order valence-corrected chi connectivity index (χ2v) is 4.11. The van der Waals surface area contributed by atoms with Gasteiger partial charge in [0.05, 0.1) is 21.3 Å². The molecule has 0 saturated carbocycles. The van der Waals surface area contributed by atoms with Gasteiger partial charge in [0.1, 0.15) is 5.75 Å². The zero-order valence-corrected chi connectivity index (χ0v) is 11.7. The Morgan fingerprint density at radius 3 is 2.30 bits per heavy atom. The monoisotopic (exact) mass is 272 g/mol. The zero-order chi connectivity index (χ0) is 14.5. The number of hydrogen-bond donors (Lipinski definition) is 0. The maximum absolute atomic E-state index is 11.3. The topological polar surface area (TPSA) is 44.8 Å². The van der Waals surface area contributed by atoms with E-state index in [0.717, 1.165) is 17.4 Å². The third-order valence-electron chi connectivity index (χ3n) is 3.08. The standard InChI is InChI=1S/C16H16O4/c1-18-12-7-8-13(11(9-12)10-17)14-5-4-6-15(19-2)16(14)20-3/h4-10H,1-3H3. The van der Waals surface area contributed by atoms with Crippen molar-refractivity contribution in [2.24, 2.45) is 0 Å². The van der Waals surface area contributed by atoms with E-state index in [1.54, 1.807) is 33.5 Å². The van der Waals surface area contributed by atoms with Crippen molar-refractivity contribution in [1.82, 2.24) is 0 Å². The summed E-state index contributed by atoms with van der Waals surface area (Å²) in [4.78, 5) is 11.3. The Labute approximate surface area is 117 Å². The fourth-order valence-corrected chi connectivity index (χ4v) is 2.11. The van der Waals surface area contributed by atoms with Crippen molar-refractivity contribution in [3.8, 4) is 28.4 Å². The van der Waals surface area contributed by atoms with Crippen LogP contribution in [0.4, 0.5) is 0 Å². The molecule has 104 valence electrons. The summed E-state index contributed by atoms with van der Waals surface area (Å²) in [6.45, 7) is 0. The molecule has 0 atom stereocenters. The molecule has 0 fully saturated rings. The first-order valence-corrected chi connectivity index (χ1v) is 6.09. The van der Waals surface area contributed by atoms with Crippen LogP contribution in [-0.4, -0.2) is 27.6 Å². The van der Waals surface area contributed by atoms with Gasteiger partial charge >= 0.3 is 0 Å². The molecule has 20 heavy (non-hydrogen) atoms. The third-order valence-corrected chi connectivity index (χ3v) is 3.08. The summed E-state index contributed by atoms with van der Waals surface area (Å²) in [6, 6.07) is 10.9. The molecule has 0 aliphatic heterocycles. The number of rotatable bonds is 5. The number of ether oxygens (including phenoxy) is 3. The van der Waals surface area contributed by atoms with E-state index >= 15 is 0 Å². The molecule has 0 saturated heterocycles. The molecule has 2 aromatic carbocycles. The van der Waals surface area contributed by atoms with Crippen LogP contribution in [0.3, 0.4) is 0 Å². The van der Waals surface area contributed by atoms with Crippen molar-refractivity contribution in [1.29, 1.82) is 0 Å². The molecule has 2 rings (SSSR count). The second kappa shape index (κ2) is 6.10. The summed E-state index contributed by atoms with van der Waals surface area (Å²) in [5.74, 6) is 1.86. The molecular weight excluding hydrogens is 256 g/mol. The van der Waals surface area contributed by atoms with Gasteiger partial charge in [-0.3, -0.25) is 4.79 Å². The summed E-state index contributed by atoms with van der Waals surface area (Å²) in [5.41, 5.74) is 2.11. The van der Waals surface area contributed by atoms with Crippen molar-refractivity contribution in [3.63, 3.8) is 0 Å². The van der Waals surface area contributed by atoms with Crippen LogP contribution in [0.1, 0.15) is 10.4 Å². The zero-order valence-electron chi connectivity index (χ0n) is 11.7. The molecule has 0 aliphatic carbocycles. The van der Waals surface area contributed by atoms with Crippen LogP contribution in [0, 0.1) is 0 Å².